The third-order valence-electron chi connectivity index (χ3n) is 3.21. The van der Waals surface area contributed by atoms with E-state index in [4.69, 9.17) is 0 Å². The van der Waals surface area contributed by atoms with Crippen LogP contribution in [0.2, 0.25) is 0 Å². The number of hydrogen-bond donors (Lipinski definition) is 0. The van der Waals surface area contributed by atoms with Crippen LogP contribution in [-0.4, -0.2) is 13.1 Å². The highest BCUT2D eigenvalue weighted by atomic mass is 16.5. The van der Waals surface area contributed by atoms with E-state index in [-0.39, 0.29) is 5.97 Å². The molecule has 21 heavy (non-hydrogen) atoms. The van der Waals surface area contributed by atoms with Crippen molar-refractivity contribution in [2.24, 2.45) is 0 Å². The molecule has 0 aliphatic carbocycles. The first kappa shape index (κ1) is 19.6. The molecule has 0 unspecified atom stereocenters. The average molecular weight is 290 g/mol. The van der Waals surface area contributed by atoms with Crippen LogP contribution in [0.15, 0.2) is 0 Å². The number of rotatable bonds is 10. The van der Waals surface area contributed by atoms with E-state index in [0.29, 0.717) is 12.8 Å². The quantitative estimate of drug-likeness (QED) is 0.326. The zero-order chi connectivity index (χ0) is 15.6. The van der Waals surface area contributed by atoms with Crippen LogP contribution in [0, 0.1) is 23.7 Å². The molecular formula is C19H30O2. The summed E-state index contributed by atoms with van der Waals surface area (Å²) in [6.45, 7) is 2.25. The Labute approximate surface area is 131 Å². The lowest BCUT2D eigenvalue weighted by molar-refractivity contribution is -0.140. The van der Waals surface area contributed by atoms with Crippen molar-refractivity contribution in [2.75, 3.05) is 7.11 Å². The molecule has 0 radical (unpaired) electrons. The van der Waals surface area contributed by atoms with Gasteiger partial charge in [-0.15, -0.1) is 23.7 Å². The molecule has 0 fully saturated rings. The van der Waals surface area contributed by atoms with Gasteiger partial charge < -0.3 is 4.74 Å². The lowest BCUT2D eigenvalue weighted by atomic mass is 10.1. The van der Waals surface area contributed by atoms with Crippen LogP contribution in [0.3, 0.4) is 0 Å². The predicted octanol–water partition coefficient (Wildman–Crippen LogP) is 4.87. The Morgan fingerprint density at radius 2 is 1.29 bits per heavy atom. The molecule has 0 aromatic heterocycles. The molecule has 0 atom stereocenters. The maximum absolute atomic E-state index is 10.8. The molecule has 0 saturated carbocycles. The van der Waals surface area contributed by atoms with Crippen molar-refractivity contribution in [1.82, 2.24) is 0 Å². The van der Waals surface area contributed by atoms with Gasteiger partial charge >= 0.3 is 5.97 Å². The fraction of sp³-hybridized carbons (Fsp3) is 0.737. The zero-order valence-electron chi connectivity index (χ0n) is 13.8. The van der Waals surface area contributed by atoms with Gasteiger partial charge in [0, 0.05) is 25.7 Å². The maximum Gasteiger partial charge on any atom is 0.306 e. The summed E-state index contributed by atoms with van der Waals surface area (Å²) < 4.78 is 4.54. The minimum atomic E-state index is -0.196. The molecular weight excluding hydrogens is 260 g/mol. The van der Waals surface area contributed by atoms with Gasteiger partial charge in [-0.25, -0.2) is 0 Å². The van der Waals surface area contributed by atoms with Crippen molar-refractivity contribution in [3.63, 3.8) is 0 Å². The summed E-state index contributed by atoms with van der Waals surface area (Å²) in [5.74, 6) is 12.2. The van der Waals surface area contributed by atoms with E-state index < -0.39 is 0 Å². The highest BCUT2D eigenvalue weighted by molar-refractivity contribution is 5.69. The minimum absolute atomic E-state index is 0.196. The molecule has 0 amide bonds. The Morgan fingerprint density at radius 1 is 0.762 bits per heavy atom. The SMILES string of the molecule is CCCCCCCCCC#CCCC#CCCC(=O)OC. The van der Waals surface area contributed by atoms with E-state index >= 15 is 0 Å². The van der Waals surface area contributed by atoms with E-state index in [1.807, 2.05) is 0 Å². The molecule has 0 saturated heterocycles. The second-order valence-corrected chi connectivity index (χ2v) is 5.15. The fourth-order valence-electron chi connectivity index (χ4n) is 1.92. The van der Waals surface area contributed by atoms with Gasteiger partial charge in [0.1, 0.15) is 0 Å². The van der Waals surface area contributed by atoms with Crippen LogP contribution < -0.4 is 0 Å². The Balaban J connectivity index is 3.31. The lowest BCUT2D eigenvalue weighted by Gasteiger charge is -1.97. The molecule has 0 bridgehead atoms. The maximum atomic E-state index is 10.8. The Morgan fingerprint density at radius 3 is 1.90 bits per heavy atom. The molecule has 0 aliphatic heterocycles. The molecule has 2 heteroatoms. The van der Waals surface area contributed by atoms with E-state index in [2.05, 4.69) is 35.3 Å². The molecule has 0 rings (SSSR count). The third-order valence-corrected chi connectivity index (χ3v) is 3.21. The number of methoxy groups -OCH3 is 1. The van der Waals surface area contributed by atoms with E-state index in [0.717, 1.165) is 19.3 Å². The molecule has 0 aromatic rings. The first-order valence-electron chi connectivity index (χ1n) is 8.29. The number of carbonyl (C=O) groups is 1. The normalized spacial score (nSPS) is 9.24. The summed E-state index contributed by atoms with van der Waals surface area (Å²) in [6, 6.07) is 0. The van der Waals surface area contributed by atoms with Crippen molar-refractivity contribution < 1.29 is 9.53 Å². The van der Waals surface area contributed by atoms with Crippen LogP contribution in [0.4, 0.5) is 0 Å². The first-order valence-corrected chi connectivity index (χ1v) is 8.29. The van der Waals surface area contributed by atoms with Gasteiger partial charge in [-0.3, -0.25) is 4.79 Å². The second kappa shape index (κ2) is 16.6. The summed E-state index contributed by atoms with van der Waals surface area (Å²) in [4.78, 5) is 10.8. The number of esters is 1. The third kappa shape index (κ3) is 16.5. The Kier molecular flexibility index (Phi) is 15.5. The van der Waals surface area contributed by atoms with Crippen molar-refractivity contribution in [1.29, 1.82) is 0 Å². The van der Waals surface area contributed by atoms with Crippen LogP contribution in [0.25, 0.3) is 0 Å². The monoisotopic (exact) mass is 290 g/mol. The topological polar surface area (TPSA) is 26.3 Å². The van der Waals surface area contributed by atoms with Crippen LogP contribution in [0.5, 0.6) is 0 Å². The molecule has 0 spiro atoms. The van der Waals surface area contributed by atoms with Gasteiger partial charge in [-0.2, -0.15) is 0 Å². The lowest BCUT2D eigenvalue weighted by Crippen LogP contribution is -1.98. The number of hydrogen-bond acceptors (Lipinski definition) is 2. The molecule has 2 nitrogen and oxygen atoms in total. The second-order valence-electron chi connectivity index (χ2n) is 5.15. The van der Waals surface area contributed by atoms with Crippen molar-refractivity contribution >= 4 is 5.97 Å². The van der Waals surface area contributed by atoms with Crippen LogP contribution >= 0.6 is 0 Å². The van der Waals surface area contributed by atoms with E-state index in [1.54, 1.807) is 0 Å². The van der Waals surface area contributed by atoms with Crippen LogP contribution in [-0.2, 0) is 9.53 Å². The summed E-state index contributed by atoms with van der Waals surface area (Å²) in [6.07, 6.45) is 13.0. The van der Waals surface area contributed by atoms with Gasteiger partial charge in [0.25, 0.3) is 0 Å². The first-order chi connectivity index (χ1) is 10.3. The van der Waals surface area contributed by atoms with Gasteiger partial charge in [0.2, 0.25) is 0 Å². The minimum Gasteiger partial charge on any atom is -0.469 e. The van der Waals surface area contributed by atoms with Gasteiger partial charge in [-0.05, 0) is 6.42 Å². The van der Waals surface area contributed by atoms with Crippen molar-refractivity contribution in [3.05, 3.63) is 0 Å². The van der Waals surface area contributed by atoms with Crippen molar-refractivity contribution in [3.8, 4) is 23.7 Å². The van der Waals surface area contributed by atoms with E-state index in [9.17, 15) is 4.79 Å². The molecule has 0 heterocycles. The average Bonchev–Trinajstić information content (AvgIpc) is 2.50. The fourth-order valence-corrected chi connectivity index (χ4v) is 1.92. The Bertz CT molecular complexity index is 362. The molecule has 0 aromatic carbocycles. The highest BCUT2D eigenvalue weighted by Crippen LogP contribution is 2.07. The molecule has 0 N–H and O–H groups in total. The number of ether oxygens (including phenoxy) is 1. The largest absolute Gasteiger partial charge is 0.469 e. The van der Waals surface area contributed by atoms with Gasteiger partial charge in [-0.1, -0.05) is 45.4 Å². The summed E-state index contributed by atoms with van der Waals surface area (Å²) in [5, 5.41) is 0. The highest BCUT2D eigenvalue weighted by Gasteiger charge is 1.95. The Hall–Kier alpha value is -1.41. The molecule has 0 aliphatic rings. The smallest absolute Gasteiger partial charge is 0.306 e. The predicted molar refractivity (Wildman–Crippen MR) is 88.6 cm³/mol. The number of unbranched alkanes of at least 4 members (excludes halogenated alkanes) is 8. The standard InChI is InChI=1S/C19H30O2/c1-3-4-5-6-7-8-9-10-11-12-13-14-15-16-17-18-19(20)21-2/h3-10,13-14,17-18H2,1-2H3. The van der Waals surface area contributed by atoms with Crippen LogP contribution in [0.1, 0.15) is 84.0 Å². The summed E-state index contributed by atoms with van der Waals surface area (Å²) in [5.41, 5.74) is 0. The van der Waals surface area contributed by atoms with E-state index in [1.165, 1.54) is 52.1 Å². The summed E-state index contributed by atoms with van der Waals surface area (Å²) in [7, 11) is 1.40. The van der Waals surface area contributed by atoms with Gasteiger partial charge in [0.15, 0.2) is 0 Å². The van der Waals surface area contributed by atoms with Crippen molar-refractivity contribution in [2.45, 2.75) is 84.0 Å². The zero-order valence-corrected chi connectivity index (χ0v) is 13.8. The summed E-state index contributed by atoms with van der Waals surface area (Å²) >= 11 is 0. The number of carbonyl (C=O) groups excluding carboxylic acids is 1. The van der Waals surface area contributed by atoms with Gasteiger partial charge in [0.05, 0.1) is 13.5 Å². The molecule has 118 valence electrons.